The summed E-state index contributed by atoms with van der Waals surface area (Å²) in [6.07, 6.45) is 4.67. The van der Waals surface area contributed by atoms with E-state index in [0.717, 1.165) is 11.4 Å². The SMILES string of the molecule is Cc1ncc(NCCn2cnc(C(=O)O)c2)nc1C. The lowest BCUT2D eigenvalue weighted by Crippen LogP contribution is -2.11. The molecule has 2 heterocycles. The fraction of sp³-hybridized carbons (Fsp3) is 0.333. The van der Waals surface area contributed by atoms with Crippen molar-refractivity contribution in [2.45, 2.75) is 20.4 Å². The van der Waals surface area contributed by atoms with Crippen molar-refractivity contribution >= 4 is 11.8 Å². The van der Waals surface area contributed by atoms with E-state index in [1.807, 2.05) is 13.8 Å². The third-order valence-electron chi connectivity index (χ3n) is 2.72. The fourth-order valence-electron chi connectivity index (χ4n) is 1.53. The van der Waals surface area contributed by atoms with Crippen LogP contribution in [0.3, 0.4) is 0 Å². The molecule has 2 rings (SSSR count). The molecule has 19 heavy (non-hydrogen) atoms. The fourth-order valence-corrected chi connectivity index (χ4v) is 1.53. The van der Waals surface area contributed by atoms with Gasteiger partial charge in [0.15, 0.2) is 5.69 Å². The van der Waals surface area contributed by atoms with Crippen LogP contribution in [-0.2, 0) is 6.54 Å². The number of carboxylic acid groups (broad SMARTS) is 1. The van der Waals surface area contributed by atoms with Gasteiger partial charge in [0.25, 0.3) is 0 Å². The molecule has 2 aromatic heterocycles. The number of imidazole rings is 1. The number of hydrogen-bond acceptors (Lipinski definition) is 5. The lowest BCUT2D eigenvalue weighted by molar-refractivity contribution is 0.0691. The summed E-state index contributed by atoms with van der Waals surface area (Å²) in [5.74, 6) is -0.312. The molecule has 0 aromatic carbocycles. The minimum Gasteiger partial charge on any atom is -0.476 e. The van der Waals surface area contributed by atoms with E-state index in [1.54, 1.807) is 10.8 Å². The lowest BCUT2D eigenvalue weighted by Gasteiger charge is -2.07. The van der Waals surface area contributed by atoms with Gasteiger partial charge in [0.05, 0.1) is 23.9 Å². The van der Waals surface area contributed by atoms with Crippen molar-refractivity contribution in [1.29, 1.82) is 0 Å². The summed E-state index contributed by atoms with van der Waals surface area (Å²) in [4.78, 5) is 23.0. The number of anilines is 1. The van der Waals surface area contributed by atoms with Crippen molar-refractivity contribution in [2.24, 2.45) is 0 Å². The summed E-state index contributed by atoms with van der Waals surface area (Å²) in [5.41, 5.74) is 1.85. The minimum absolute atomic E-state index is 0.0472. The molecule has 100 valence electrons. The molecule has 0 radical (unpaired) electrons. The molecule has 2 aromatic rings. The smallest absolute Gasteiger partial charge is 0.356 e. The van der Waals surface area contributed by atoms with E-state index in [4.69, 9.17) is 5.11 Å². The number of aromatic nitrogens is 4. The number of carboxylic acids is 1. The van der Waals surface area contributed by atoms with Gasteiger partial charge in [-0.1, -0.05) is 0 Å². The topological polar surface area (TPSA) is 92.9 Å². The molecule has 0 fully saturated rings. The van der Waals surface area contributed by atoms with E-state index in [2.05, 4.69) is 20.3 Å². The van der Waals surface area contributed by atoms with Gasteiger partial charge < -0.3 is 15.0 Å². The average Bonchev–Trinajstić information content (AvgIpc) is 2.83. The van der Waals surface area contributed by atoms with Crippen molar-refractivity contribution < 1.29 is 9.90 Å². The number of aryl methyl sites for hydroxylation is 2. The Kier molecular flexibility index (Phi) is 3.74. The summed E-state index contributed by atoms with van der Waals surface area (Å²) in [5, 5.41) is 11.9. The number of nitrogens with zero attached hydrogens (tertiary/aromatic N) is 4. The Morgan fingerprint density at radius 1 is 1.37 bits per heavy atom. The molecule has 0 atom stereocenters. The maximum absolute atomic E-state index is 10.7. The molecule has 0 aliphatic heterocycles. The van der Waals surface area contributed by atoms with Gasteiger partial charge in [-0.05, 0) is 13.8 Å². The Balaban J connectivity index is 1.88. The second-order valence-corrected chi connectivity index (χ2v) is 4.15. The summed E-state index contributed by atoms with van der Waals surface area (Å²) < 4.78 is 1.71. The number of hydrogen-bond donors (Lipinski definition) is 2. The molecule has 0 aliphatic carbocycles. The maximum atomic E-state index is 10.7. The van der Waals surface area contributed by atoms with E-state index >= 15 is 0 Å². The van der Waals surface area contributed by atoms with Crippen LogP contribution in [-0.4, -0.2) is 37.1 Å². The highest BCUT2D eigenvalue weighted by atomic mass is 16.4. The molecular weight excluding hydrogens is 246 g/mol. The molecule has 0 aliphatic rings. The molecule has 0 unspecified atom stereocenters. The van der Waals surface area contributed by atoms with Gasteiger partial charge in [-0.2, -0.15) is 0 Å². The zero-order chi connectivity index (χ0) is 13.8. The Bertz CT molecular complexity index is 594. The van der Waals surface area contributed by atoms with Crippen LogP contribution in [0.5, 0.6) is 0 Å². The quantitative estimate of drug-likeness (QED) is 0.837. The zero-order valence-corrected chi connectivity index (χ0v) is 10.8. The Morgan fingerprint density at radius 2 is 2.16 bits per heavy atom. The molecule has 0 amide bonds. The first-order valence-electron chi connectivity index (χ1n) is 5.85. The molecule has 0 saturated carbocycles. The largest absolute Gasteiger partial charge is 0.476 e. The predicted molar refractivity (Wildman–Crippen MR) is 69.2 cm³/mol. The number of carbonyl (C=O) groups is 1. The molecule has 2 N–H and O–H groups in total. The molecule has 0 spiro atoms. The standard InChI is InChI=1S/C12H15N5O2/c1-8-9(2)16-11(5-14-8)13-3-4-17-6-10(12(18)19)15-7-17/h5-7H,3-4H2,1-2H3,(H,13,16)(H,18,19). The lowest BCUT2D eigenvalue weighted by atomic mass is 10.3. The highest BCUT2D eigenvalue weighted by Crippen LogP contribution is 2.05. The van der Waals surface area contributed by atoms with Crippen LogP contribution in [0.2, 0.25) is 0 Å². The third kappa shape index (κ3) is 3.27. The predicted octanol–water partition coefficient (Wildman–Crippen LogP) is 1.10. The first-order chi connectivity index (χ1) is 9.06. The first kappa shape index (κ1) is 13.0. The molecule has 7 heteroatoms. The normalized spacial score (nSPS) is 10.4. The highest BCUT2D eigenvalue weighted by molar-refractivity contribution is 5.84. The third-order valence-corrected chi connectivity index (χ3v) is 2.72. The number of rotatable bonds is 5. The second kappa shape index (κ2) is 5.47. The van der Waals surface area contributed by atoms with Crippen LogP contribution in [0.25, 0.3) is 0 Å². The van der Waals surface area contributed by atoms with Crippen LogP contribution in [0.4, 0.5) is 5.82 Å². The zero-order valence-electron chi connectivity index (χ0n) is 10.8. The summed E-state index contributed by atoms with van der Waals surface area (Å²) >= 11 is 0. The van der Waals surface area contributed by atoms with Gasteiger partial charge in [-0.15, -0.1) is 0 Å². The molecule has 0 bridgehead atoms. The van der Waals surface area contributed by atoms with Crippen molar-refractivity contribution in [3.8, 4) is 0 Å². The van der Waals surface area contributed by atoms with E-state index in [-0.39, 0.29) is 5.69 Å². The van der Waals surface area contributed by atoms with Crippen LogP contribution in [0.15, 0.2) is 18.7 Å². The van der Waals surface area contributed by atoms with Crippen molar-refractivity contribution in [2.75, 3.05) is 11.9 Å². The van der Waals surface area contributed by atoms with Crippen molar-refractivity contribution in [3.63, 3.8) is 0 Å². The first-order valence-corrected chi connectivity index (χ1v) is 5.85. The second-order valence-electron chi connectivity index (χ2n) is 4.15. The van der Waals surface area contributed by atoms with Crippen molar-refractivity contribution in [1.82, 2.24) is 19.5 Å². The van der Waals surface area contributed by atoms with Crippen LogP contribution >= 0.6 is 0 Å². The summed E-state index contributed by atoms with van der Waals surface area (Å²) in [6.45, 7) is 5.04. The summed E-state index contributed by atoms with van der Waals surface area (Å²) in [7, 11) is 0. The Labute approximate surface area is 110 Å². The maximum Gasteiger partial charge on any atom is 0.356 e. The van der Waals surface area contributed by atoms with Crippen LogP contribution in [0.1, 0.15) is 21.9 Å². The van der Waals surface area contributed by atoms with Gasteiger partial charge in [0.1, 0.15) is 5.82 Å². The Morgan fingerprint density at radius 3 is 2.79 bits per heavy atom. The van der Waals surface area contributed by atoms with E-state index in [9.17, 15) is 4.79 Å². The number of aromatic carboxylic acids is 1. The van der Waals surface area contributed by atoms with Gasteiger partial charge in [-0.3, -0.25) is 4.98 Å². The van der Waals surface area contributed by atoms with Crippen LogP contribution in [0, 0.1) is 13.8 Å². The number of nitrogens with one attached hydrogen (secondary N) is 1. The average molecular weight is 261 g/mol. The molecule has 0 saturated heterocycles. The Hall–Kier alpha value is -2.44. The molecule has 7 nitrogen and oxygen atoms in total. The van der Waals surface area contributed by atoms with Gasteiger partial charge in [0.2, 0.25) is 0 Å². The highest BCUT2D eigenvalue weighted by Gasteiger charge is 2.06. The minimum atomic E-state index is -1.02. The van der Waals surface area contributed by atoms with Crippen molar-refractivity contribution in [3.05, 3.63) is 35.8 Å². The van der Waals surface area contributed by atoms with Crippen LogP contribution < -0.4 is 5.32 Å². The van der Waals surface area contributed by atoms with E-state index < -0.39 is 5.97 Å². The summed E-state index contributed by atoms with van der Waals surface area (Å²) in [6, 6.07) is 0. The van der Waals surface area contributed by atoms with E-state index in [1.165, 1.54) is 12.5 Å². The van der Waals surface area contributed by atoms with Gasteiger partial charge in [-0.25, -0.2) is 14.8 Å². The monoisotopic (exact) mass is 261 g/mol. The van der Waals surface area contributed by atoms with E-state index in [0.29, 0.717) is 18.9 Å². The van der Waals surface area contributed by atoms with Gasteiger partial charge >= 0.3 is 5.97 Å². The molecular formula is C12H15N5O2. The van der Waals surface area contributed by atoms with Gasteiger partial charge in [0, 0.05) is 19.3 Å².